The van der Waals surface area contributed by atoms with E-state index in [0.29, 0.717) is 0 Å². The standard InChI is InChI=1S/C11H16O6S/c1-7(6-12)11(18(14,15)16)8-3-4-9(13)10(5-8)17-2/h3-5,7,11-13H,6H2,1-2H3,(H,14,15,16). The molecule has 1 aromatic carbocycles. The second-order valence-corrected chi connectivity index (χ2v) is 5.56. The van der Waals surface area contributed by atoms with Crippen molar-refractivity contribution in [2.24, 2.45) is 5.92 Å². The number of benzene rings is 1. The molecule has 1 aromatic rings. The molecule has 0 amide bonds. The number of aliphatic hydroxyl groups excluding tert-OH is 1. The van der Waals surface area contributed by atoms with E-state index in [-0.39, 0.29) is 17.1 Å². The molecule has 7 heteroatoms. The highest BCUT2D eigenvalue weighted by molar-refractivity contribution is 7.86. The van der Waals surface area contributed by atoms with Crippen molar-refractivity contribution >= 4 is 10.1 Å². The van der Waals surface area contributed by atoms with Crippen LogP contribution in [0, 0.1) is 5.92 Å². The molecule has 0 aliphatic rings. The van der Waals surface area contributed by atoms with Gasteiger partial charge in [-0.05, 0) is 17.7 Å². The summed E-state index contributed by atoms with van der Waals surface area (Å²) in [6, 6.07) is 3.96. The number of hydrogen-bond donors (Lipinski definition) is 3. The van der Waals surface area contributed by atoms with Crippen LogP contribution >= 0.6 is 0 Å². The van der Waals surface area contributed by atoms with E-state index >= 15 is 0 Å². The molecule has 0 bridgehead atoms. The lowest BCUT2D eigenvalue weighted by Crippen LogP contribution is -2.22. The molecule has 0 heterocycles. The van der Waals surface area contributed by atoms with Gasteiger partial charge in [-0.25, -0.2) is 0 Å². The average Bonchev–Trinajstić information content (AvgIpc) is 2.29. The molecule has 3 N–H and O–H groups in total. The van der Waals surface area contributed by atoms with Gasteiger partial charge in [0, 0.05) is 12.5 Å². The van der Waals surface area contributed by atoms with Crippen LogP contribution in [-0.2, 0) is 10.1 Å². The topological polar surface area (TPSA) is 104 Å². The van der Waals surface area contributed by atoms with Crippen LogP contribution in [0.5, 0.6) is 11.5 Å². The summed E-state index contributed by atoms with van der Waals surface area (Å²) in [5, 5.41) is 17.2. The quantitative estimate of drug-likeness (QED) is 0.692. The monoisotopic (exact) mass is 276 g/mol. The number of aliphatic hydroxyl groups is 1. The molecule has 0 aromatic heterocycles. The molecule has 0 spiro atoms. The minimum absolute atomic E-state index is 0.103. The van der Waals surface area contributed by atoms with Crippen molar-refractivity contribution in [3.63, 3.8) is 0 Å². The van der Waals surface area contributed by atoms with Crippen molar-refractivity contribution in [1.29, 1.82) is 0 Å². The van der Waals surface area contributed by atoms with Gasteiger partial charge in [0.25, 0.3) is 10.1 Å². The number of methoxy groups -OCH3 is 1. The molecule has 6 nitrogen and oxygen atoms in total. The third kappa shape index (κ3) is 3.12. The van der Waals surface area contributed by atoms with Crippen LogP contribution in [0.1, 0.15) is 17.7 Å². The molecule has 0 radical (unpaired) electrons. The van der Waals surface area contributed by atoms with Crippen LogP contribution in [0.4, 0.5) is 0 Å². The van der Waals surface area contributed by atoms with Gasteiger partial charge in [-0.15, -0.1) is 0 Å². The fraction of sp³-hybridized carbons (Fsp3) is 0.455. The smallest absolute Gasteiger partial charge is 0.272 e. The minimum atomic E-state index is -4.36. The van der Waals surface area contributed by atoms with Crippen LogP contribution in [0.15, 0.2) is 18.2 Å². The summed E-state index contributed by atoms with van der Waals surface area (Å²) in [5.41, 5.74) is 0.244. The largest absolute Gasteiger partial charge is 0.504 e. The first-order valence-corrected chi connectivity index (χ1v) is 6.75. The first-order valence-electron chi connectivity index (χ1n) is 5.25. The maximum Gasteiger partial charge on any atom is 0.272 e. The lowest BCUT2D eigenvalue weighted by atomic mass is 10.0. The summed E-state index contributed by atoms with van der Waals surface area (Å²) in [4.78, 5) is 0. The number of hydrogen-bond acceptors (Lipinski definition) is 5. The van der Waals surface area contributed by atoms with E-state index in [4.69, 9.17) is 9.84 Å². The van der Waals surface area contributed by atoms with Crippen molar-refractivity contribution in [2.45, 2.75) is 12.2 Å². The van der Waals surface area contributed by atoms with E-state index in [9.17, 15) is 18.1 Å². The maximum absolute atomic E-state index is 11.4. The van der Waals surface area contributed by atoms with Crippen LogP contribution in [0.2, 0.25) is 0 Å². The molecule has 102 valence electrons. The number of phenols is 1. The zero-order valence-corrected chi connectivity index (χ0v) is 10.9. The summed E-state index contributed by atoms with van der Waals surface area (Å²) in [5.74, 6) is -0.715. The van der Waals surface area contributed by atoms with Gasteiger partial charge >= 0.3 is 0 Å². The van der Waals surface area contributed by atoms with Crippen molar-refractivity contribution in [1.82, 2.24) is 0 Å². The van der Waals surface area contributed by atoms with Gasteiger partial charge in [0.15, 0.2) is 11.5 Å². The van der Waals surface area contributed by atoms with Crippen molar-refractivity contribution in [2.75, 3.05) is 13.7 Å². The summed E-state index contributed by atoms with van der Waals surface area (Å²) < 4.78 is 36.8. The Labute approximate surface area is 106 Å². The predicted molar refractivity (Wildman–Crippen MR) is 65.2 cm³/mol. The van der Waals surface area contributed by atoms with E-state index in [2.05, 4.69) is 0 Å². The van der Waals surface area contributed by atoms with E-state index < -0.39 is 27.9 Å². The summed E-state index contributed by atoms with van der Waals surface area (Å²) in [6.45, 7) is 1.10. The van der Waals surface area contributed by atoms with E-state index in [1.54, 1.807) is 0 Å². The van der Waals surface area contributed by atoms with E-state index in [1.165, 1.54) is 32.2 Å². The molecule has 0 aliphatic heterocycles. The summed E-state index contributed by atoms with van der Waals surface area (Å²) in [7, 11) is -3.03. The zero-order valence-electron chi connectivity index (χ0n) is 10.1. The Balaban J connectivity index is 3.30. The second-order valence-electron chi connectivity index (χ2n) is 4.03. The minimum Gasteiger partial charge on any atom is -0.504 e. The lowest BCUT2D eigenvalue weighted by Gasteiger charge is -2.20. The highest BCUT2D eigenvalue weighted by Crippen LogP contribution is 2.35. The fourth-order valence-corrected chi connectivity index (χ4v) is 2.92. The predicted octanol–water partition coefficient (Wildman–Crippen LogP) is 0.958. The molecular formula is C11H16O6S. The van der Waals surface area contributed by atoms with Crippen LogP contribution in [0.25, 0.3) is 0 Å². The Morgan fingerprint density at radius 2 is 2.00 bits per heavy atom. The normalized spacial score (nSPS) is 15.1. The third-order valence-electron chi connectivity index (χ3n) is 2.66. The highest BCUT2D eigenvalue weighted by atomic mass is 32.2. The van der Waals surface area contributed by atoms with Gasteiger partial charge in [0.2, 0.25) is 0 Å². The van der Waals surface area contributed by atoms with Crippen LogP contribution < -0.4 is 4.74 Å². The Morgan fingerprint density at radius 3 is 2.44 bits per heavy atom. The third-order valence-corrected chi connectivity index (χ3v) is 4.04. The number of ether oxygens (including phenoxy) is 1. The number of phenolic OH excluding ortho intramolecular Hbond substituents is 1. The van der Waals surface area contributed by atoms with Gasteiger partial charge in [0.05, 0.1) is 7.11 Å². The molecule has 1 rings (SSSR count). The first-order chi connectivity index (χ1) is 8.31. The molecule has 0 saturated heterocycles. The zero-order chi connectivity index (χ0) is 13.9. The summed E-state index contributed by atoms with van der Waals surface area (Å²) in [6.07, 6.45) is 0. The molecule has 0 fully saturated rings. The fourth-order valence-electron chi connectivity index (χ4n) is 1.76. The van der Waals surface area contributed by atoms with Gasteiger partial charge < -0.3 is 14.9 Å². The van der Waals surface area contributed by atoms with Gasteiger partial charge in [-0.1, -0.05) is 13.0 Å². The molecule has 0 saturated carbocycles. The number of aromatic hydroxyl groups is 1. The molecular weight excluding hydrogens is 260 g/mol. The second kappa shape index (κ2) is 5.55. The van der Waals surface area contributed by atoms with Gasteiger partial charge in [-0.3, -0.25) is 4.55 Å². The van der Waals surface area contributed by atoms with Crippen molar-refractivity contribution < 1.29 is 27.9 Å². The molecule has 18 heavy (non-hydrogen) atoms. The Bertz CT molecular complexity index is 510. The Kier molecular flexibility index (Phi) is 4.55. The van der Waals surface area contributed by atoms with Crippen LogP contribution in [0.3, 0.4) is 0 Å². The highest BCUT2D eigenvalue weighted by Gasteiger charge is 2.31. The van der Waals surface area contributed by atoms with E-state index in [1.807, 2.05) is 0 Å². The van der Waals surface area contributed by atoms with Gasteiger partial charge in [0.1, 0.15) is 5.25 Å². The first kappa shape index (κ1) is 14.7. The summed E-state index contributed by atoms with van der Waals surface area (Å²) >= 11 is 0. The van der Waals surface area contributed by atoms with E-state index in [0.717, 1.165) is 0 Å². The van der Waals surface area contributed by atoms with Crippen molar-refractivity contribution in [3.8, 4) is 11.5 Å². The molecule has 2 atom stereocenters. The Hall–Kier alpha value is -1.31. The SMILES string of the molecule is COc1cc(C(C(C)CO)S(=O)(=O)O)ccc1O. The number of rotatable bonds is 5. The maximum atomic E-state index is 11.4. The Morgan fingerprint density at radius 1 is 1.39 bits per heavy atom. The van der Waals surface area contributed by atoms with Gasteiger partial charge in [-0.2, -0.15) is 8.42 Å². The van der Waals surface area contributed by atoms with Crippen LogP contribution in [-0.4, -0.2) is 36.9 Å². The lowest BCUT2D eigenvalue weighted by molar-refractivity contribution is 0.229. The van der Waals surface area contributed by atoms with Crippen molar-refractivity contribution in [3.05, 3.63) is 23.8 Å². The average molecular weight is 276 g/mol. The molecule has 0 aliphatic carbocycles. The molecule has 2 unspecified atom stereocenters.